The summed E-state index contributed by atoms with van der Waals surface area (Å²) in [5, 5.41) is 0. The summed E-state index contributed by atoms with van der Waals surface area (Å²) >= 11 is 3.41. The maximum atomic E-state index is 12.9. The second kappa shape index (κ2) is 6.36. The van der Waals surface area contributed by atoms with E-state index in [0.717, 1.165) is 29.5 Å². The monoisotopic (exact) mass is 287 g/mol. The molecule has 0 radical (unpaired) electrons. The maximum absolute atomic E-state index is 12.9. The third-order valence-electron chi connectivity index (χ3n) is 3.01. The maximum Gasteiger partial charge on any atom is 0.124 e. The molecule has 1 nitrogen and oxygen atoms in total. The van der Waals surface area contributed by atoms with Crippen LogP contribution in [0.15, 0.2) is 22.7 Å². The van der Waals surface area contributed by atoms with Crippen molar-refractivity contribution in [1.82, 2.24) is 4.90 Å². The molecule has 3 heteroatoms. The van der Waals surface area contributed by atoms with Crippen LogP contribution in [0.25, 0.3) is 0 Å². The molecule has 90 valence electrons. The van der Waals surface area contributed by atoms with Crippen LogP contribution in [0.1, 0.15) is 32.8 Å². The van der Waals surface area contributed by atoms with Crippen LogP contribution in [0.2, 0.25) is 0 Å². The van der Waals surface area contributed by atoms with Gasteiger partial charge in [0.25, 0.3) is 0 Å². The van der Waals surface area contributed by atoms with Gasteiger partial charge in [0.15, 0.2) is 0 Å². The number of hydrogen-bond acceptors (Lipinski definition) is 1. The molecule has 0 bridgehead atoms. The third-order valence-corrected chi connectivity index (χ3v) is 3.75. The van der Waals surface area contributed by atoms with E-state index in [1.54, 1.807) is 0 Å². The summed E-state index contributed by atoms with van der Waals surface area (Å²) in [5.74, 6) is -0.192. The SMILES string of the molecule is CCC(C)N(CC)Cc1ccc(F)cc1Br. The molecular weight excluding hydrogens is 269 g/mol. The van der Waals surface area contributed by atoms with Crippen molar-refractivity contribution >= 4 is 15.9 Å². The molecule has 0 heterocycles. The van der Waals surface area contributed by atoms with Crippen LogP contribution in [0.4, 0.5) is 4.39 Å². The van der Waals surface area contributed by atoms with Crippen LogP contribution in [-0.2, 0) is 6.54 Å². The molecule has 1 atom stereocenters. The summed E-state index contributed by atoms with van der Waals surface area (Å²) in [4.78, 5) is 2.39. The van der Waals surface area contributed by atoms with Crippen LogP contribution in [0.5, 0.6) is 0 Å². The molecule has 0 aliphatic rings. The first-order chi connectivity index (χ1) is 7.58. The molecule has 0 aliphatic carbocycles. The van der Waals surface area contributed by atoms with E-state index in [1.807, 2.05) is 6.07 Å². The van der Waals surface area contributed by atoms with E-state index in [0.29, 0.717) is 6.04 Å². The van der Waals surface area contributed by atoms with Crippen LogP contribution < -0.4 is 0 Å². The molecule has 0 spiro atoms. The second-order valence-electron chi connectivity index (χ2n) is 4.06. The molecule has 0 saturated heterocycles. The van der Waals surface area contributed by atoms with Crippen molar-refractivity contribution in [3.63, 3.8) is 0 Å². The summed E-state index contributed by atoms with van der Waals surface area (Å²) in [6, 6.07) is 5.45. The van der Waals surface area contributed by atoms with E-state index in [4.69, 9.17) is 0 Å². The average Bonchev–Trinajstić information content (AvgIpc) is 2.27. The van der Waals surface area contributed by atoms with Crippen molar-refractivity contribution in [3.05, 3.63) is 34.1 Å². The summed E-state index contributed by atoms with van der Waals surface area (Å²) < 4.78 is 13.8. The predicted octanol–water partition coefficient (Wildman–Crippen LogP) is 4.21. The van der Waals surface area contributed by atoms with Crippen molar-refractivity contribution < 1.29 is 4.39 Å². The average molecular weight is 288 g/mol. The Morgan fingerprint density at radius 3 is 2.56 bits per heavy atom. The lowest BCUT2D eigenvalue weighted by Crippen LogP contribution is -2.31. The highest BCUT2D eigenvalue weighted by Gasteiger charge is 2.12. The van der Waals surface area contributed by atoms with Gasteiger partial charge in [-0.05, 0) is 37.6 Å². The van der Waals surface area contributed by atoms with Crippen LogP contribution in [-0.4, -0.2) is 17.5 Å². The molecule has 1 rings (SSSR count). The highest BCUT2D eigenvalue weighted by molar-refractivity contribution is 9.10. The van der Waals surface area contributed by atoms with Crippen molar-refractivity contribution in [2.45, 2.75) is 39.8 Å². The molecule has 0 amide bonds. The van der Waals surface area contributed by atoms with Crippen molar-refractivity contribution in [3.8, 4) is 0 Å². The first-order valence-corrected chi connectivity index (χ1v) is 6.55. The summed E-state index contributed by atoms with van der Waals surface area (Å²) in [6.07, 6.45) is 1.13. The van der Waals surface area contributed by atoms with Crippen molar-refractivity contribution in [1.29, 1.82) is 0 Å². The number of nitrogens with zero attached hydrogens (tertiary/aromatic N) is 1. The van der Waals surface area contributed by atoms with E-state index in [1.165, 1.54) is 12.1 Å². The Morgan fingerprint density at radius 2 is 2.06 bits per heavy atom. The number of halogens is 2. The van der Waals surface area contributed by atoms with E-state index in [2.05, 4.69) is 41.6 Å². The Hall–Kier alpha value is -0.410. The Morgan fingerprint density at radius 1 is 1.38 bits per heavy atom. The van der Waals surface area contributed by atoms with Gasteiger partial charge >= 0.3 is 0 Å². The van der Waals surface area contributed by atoms with Crippen LogP contribution in [0.3, 0.4) is 0 Å². The van der Waals surface area contributed by atoms with E-state index in [-0.39, 0.29) is 5.82 Å². The quantitative estimate of drug-likeness (QED) is 0.784. The molecule has 0 fully saturated rings. The topological polar surface area (TPSA) is 3.24 Å². The van der Waals surface area contributed by atoms with E-state index in [9.17, 15) is 4.39 Å². The van der Waals surface area contributed by atoms with Crippen molar-refractivity contribution in [2.75, 3.05) is 6.54 Å². The Balaban J connectivity index is 2.78. The standard InChI is InChI=1S/C13H19BrFN/c1-4-10(3)16(5-2)9-11-6-7-12(15)8-13(11)14/h6-8,10H,4-5,9H2,1-3H3. The summed E-state index contributed by atoms with van der Waals surface area (Å²) in [5.41, 5.74) is 1.14. The number of hydrogen-bond donors (Lipinski definition) is 0. The van der Waals surface area contributed by atoms with Gasteiger partial charge in [-0.1, -0.05) is 35.8 Å². The highest BCUT2D eigenvalue weighted by atomic mass is 79.9. The van der Waals surface area contributed by atoms with Crippen molar-refractivity contribution in [2.24, 2.45) is 0 Å². The molecule has 0 aromatic heterocycles. The molecular formula is C13H19BrFN. The molecule has 0 saturated carbocycles. The largest absolute Gasteiger partial charge is 0.297 e. The Kier molecular flexibility index (Phi) is 5.42. The third kappa shape index (κ3) is 3.56. The zero-order valence-corrected chi connectivity index (χ0v) is 11.7. The fourth-order valence-electron chi connectivity index (χ4n) is 1.71. The van der Waals surface area contributed by atoms with Gasteiger partial charge in [-0.2, -0.15) is 0 Å². The predicted molar refractivity (Wildman–Crippen MR) is 69.9 cm³/mol. The van der Waals surface area contributed by atoms with Gasteiger partial charge in [0, 0.05) is 17.1 Å². The lowest BCUT2D eigenvalue weighted by atomic mass is 10.1. The molecule has 0 N–H and O–H groups in total. The Bertz CT molecular complexity index is 341. The van der Waals surface area contributed by atoms with Gasteiger partial charge in [0.2, 0.25) is 0 Å². The summed E-state index contributed by atoms with van der Waals surface area (Å²) in [7, 11) is 0. The Labute approximate surface area is 106 Å². The van der Waals surface area contributed by atoms with Gasteiger partial charge < -0.3 is 0 Å². The molecule has 0 aliphatic heterocycles. The van der Waals surface area contributed by atoms with Gasteiger partial charge in [-0.15, -0.1) is 0 Å². The van der Waals surface area contributed by atoms with E-state index >= 15 is 0 Å². The van der Waals surface area contributed by atoms with Crippen LogP contribution >= 0.6 is 15.9 Å². The zero-order chi connectivity index (χ0) is 12.1. The molecule has 1 unspecified atom stereocenters. The number of rotatable bonds is 5. The summed E-state index contributed by atoms with van der Waals surface area (Å²) in [6.45, 7) is 8.45. The minimum absolute atomic E-state index is 0.192. The highest BCUT2D eigenvalue weighted by Crippen LogP contribution is 2.20. The molecule has 16 heavy (non-hydrogen) atoms. The fourth-order valence-corrected chi connectivity index (χ4v) is 2.18. The van der Waals surface area contributed by atoms with Crippen LogP contribution in [0, 0.1) is 5.82 Å². The van der Waals surface area contributed by atoms with Gasteiger partial charge in [-0.25, -0.2) is 4.39 Å². The van der Waals surface area contributed by atoms with Gasteiger partial charge in [-0.3, -0.25) is 4.90 Å². The minimum atomic E-state index is -0.192. The molecule has 1 aromatic rings. The lowest BCUT2D eigenvalue weighted by Gasteiger charge is -2.27. The fraction of sp³-hybridized carbons (Fsp3) is 0.538. The first kappa shape index (κ1) is 13.7. The zero-order valence-electron chi connectivity index (χ0n) is 10.1. The second-order valence-corrected chi connectivity index (χ2v) is 4.91. The first-order valence-electron chi connectivity index (χ1n) is 5.76. The smallest absolute Gasteiger partial charge is 0.124 e. The van der Waals surface area contributed by atoms with Gasteiger partial charge in [0.05, 0.1) is 0 Å². The molecule has 1 aromatic carbocycles. The minimum Gasteiger partial charge on any atom is -0.297 e. The van der Waals surface area contributed by atoms with E-state index < -0.39 is 0 Å². The normalized spacial score (nSPS) is 13.1. The van der Waals surface area contributed by atoms with Gasteiger partial charge in [0.1, 0.15) is 5.82 Å². The lowest BCUT2D eigenvalue weighted by molar-refractivity contribution is 0.205. The number of benzene rings is 1.